The average Bonchev–Trinajstić information content (AvgIpc) is 3.05. The molecule has 12 heteroatoms. The van der Waals surface area contributed by atoms with Gasteiger partial charge in [-0.3, -0.25) is 4.79 Å². The van der Waals surface area contributed by atoms with Gasteiger partial charge in [0.1, 0.15) is 29.0 Å². The lowest BCUT2D eigenvalue weighted by atomic mass is 10.1. The van der Waals surface area contributed by atoms with Crippen molar-refractivity contribution in [2.45, 2.75) is 25.4 Å². The van der Waals surface area contributed by atoms with E-state index in [1.54, 1.807) is 6.92 Å². The van der Waals surface area contributed by atoms with Gasteiger partial charge in [-0.1, -0.05) is 6.07 Å². The summed E-state index contributed by atoms with van der Waals surface area (Å²) in [5, 5.41) is 12.8. The predicted octanol–water partition coefficient (Wildman–Crippen LogP) is 4.81. The molecule has 5 nitrogen and oxygen atoms in total. The highest BCUT2D eigenvalue weighted by Crippen LogP contribution is 2.34. The number of carbonyl (C=O) groups excluding carboxylic acids is 1. The van der Waals surface area contributed by atoms with E-state index in [-0.39, 0.29) is 28.6 Å². The Morgan fingerprint density at radius 2 is 1.88 bits per heavy atom. The summed E-state index contributed by atoms with van der Waals surface area (Å²) in [4.78, 5) is 16.2. The SMILES string of the molecule is Cc1c(C(=O)NCC(O)COc2cccc(C(F)(F)F)c2)sc2nc(C(F)(F)F)ccc12. The molecule has 0 aliphatic heterocycles. The zero-order valence-electron chi connectivity index (χ0n) is 16.3. The van der Waals surface area contributed by atoms with Gasteiger partial charge in [-0.05, 0) is 42.8 Å². The van der Waals surface area contributed by atoms with E-state index < -0.39 is 35.6 Å². The number of nitrogens with zero attached hydrogens (tertiary/aromatic N) is 1. The van der Waals surface area contributed by atoms with E-state index in [4.69, 9.17) is 4.74 Å². The fourth-order valence-electron chi connectivity index (χ4n) is 2.78. The van der Waals surface area contributed by atoms with E-state index in [2.05, 4.69) is 10.3 Å². The second-order valence-electron chi connectivity index (χ2n) is 6.80. The van der Waals surface area contributed by atoms with Crippen LogP contribution in [0.5, 0.6) is 5.75 Å². The topological polar surface area (TPSA) is 71.5 Å². The Morgan fingerprint density at radius 3 is 2.53 bits per heavy atom. The normalized spacial score (nSPS) is 13.2. The molecular formula is C20H16F6N2O3S. The summed E-state index contributed by atoms with van der Waals surface area (Å²) in [6, 6.07) is 6.19. The third-order valence-corrected chi connectivity index (χ3v) is 5.60. The summed E-state index contributed by atoms with van der Waals surface area (Å²) in [5.41, 5.74) is -1.53. The molecule has 3 aromatic rings. The first kappa shape index (κ1) is 23.8. The number of rotatable bonds is 6. The van der Waals surface area contributed by atoms with Crippen molar-refractivity contribution >= 4 is 27.5 Å². The van der Waals surface area contributed by atoms with E-state index in [0.717, 1.165) is 35.6 Å². The lowest BCUT2D eigenvalue weighted by Crippen LogP contribution is -2.35. The van der Waals surface area contributed by atoms with E-state index in [1.165, 1.54) is 12.1 Å². The first-order chi connectivity index (χ1) is 14.9. The van der Waals surface area contributed by atoms with Crippen LogP contribution in [-0.2, 0) is 12.4 Å². The van der Waals surface area contributed by atoms with Crippen LogP contribution < -0.4 is 10.1 Å². The predicted molar refractivity (Wildman–Crippen MR) is 105 cm³/mol. The molecule has 0 saturated heterocycles. The van der Waals surface area contributed by atoms with Crippen LogP contribution >= 0.6 is 11.3 Å². The molecule has 0 aliphatic rings. The molecule has 2 N–H and O–H groups in total. The number of hydrogen-bond acceptors (Lipinski definition) is 5. The second kappa shape index (κ2) is 8.94. The first-order valence-electron chi connectivity index (χ1n) is 9.10. The molecule has 0 saturated carbocycles. The molecule has 0 spiro atoms. The van der Waals surface area contributed by atoms with Crippen LogP contribution in [0.4, 0.5) is 26.3 Å². The lowest BCUT2D eigenvalue weighted by Gasteiger charge is -2.14. The molecule has 0 radical (unpaired) electrons. The molecule has 0 aliphatic carbocycles. The van der Waals surface area contributed by atoms with Gasteiger partial charge in [-0.2, -0.15) is 26.3 Å². The molecular weight excluding hydrogens is 462 g/mol. The van der Waals surface area contributed by atoms with Crippen molar-refractivity contribution in [3.8, 4) is 5.75 Å². The number of pyridine rings is 1. The molecule has 0 fully saturated rings. The molecule has 2 aromatic heterocycles. The van der Waals surface area contributed by atoms with Gasteiger partial charge in [0, 0.05) is 11.9 Å². The number of halogens is 6. The molecule has 3 rings (SSSR count). The number of nitrogens with one attached hydrogen (secondary N) is 1. The van der Waals surface area contributed by atoms with Crippen LogP contribution in [0, 0.1) is 6.92 Å². The maximum Gasteiger partial charge on any atom is 0.433 e. The maximum atomic E-state index is 12.8. The van der Waals surface area contributed by atoms with Crippen LogP contribution in [0.3, 0.4) is 0 Å². The van der Waals surface area contributed by atoms with Crippen LogP contribution in [0.25, 0.3) is 10.2 Å². The van der Waals surface area contributed by atoms with Crippen molar-refractivity contribution in [1.29, 1.82) is 0 Å². The highest BCUT2D eigenvalue weighted by Gasteiger charge is 2.33. The Kier molecular flexibility index (Phi) is 6.65. The molecule has 0 bridgehead atoms. The summed E-state index contributed by atoms with van der Waals surface area (Å²) in [5.74, 6) is -0.728. The van der Waals surface area contributed by atoms with Crippen LogP contribution in [0.2, 0.25) is 0 Å². The average molecular weight is 478 g/mol. The Labute approximate surface area is 181 Å². The number of aryl methyl sites for hydroxylation is 1. The van der Waals surface area contributed by atoms with E-state index in [1.807, 2.05) is 0 Å². The van der Waals surface area contributed by atoms with Crippen molar-refractivity contribution in [1.82, 2.24) is 10.3 Å². The Balaban J connectivity index is 1.60. The summed E-state index contributed by atoms with van der Waals surface area (Å²) in [7, 11) is 0. The van der Waals surface area contributed by atoms with Gasteiger partial charge in [0.2, 0.25) is 0 Å². The van der Waals surface area contributed by atoms with E-state index >= 15 is 0 Å². The smallest absolute Gasteiger partial charge is 0.433 e. The first-order valence-corrected chi connectivity index (χ1v) is 9.91. The minimum Gasteiger partial charge on any atom is -0.491 e. The molecule has 1 unspecified atom stereocenters. The number of amides is 1. The second-order valence-corrected chi connectivity index (χ2v) is 7.80. The number of benzene rings is 1. The van der Waals surface area contributed by atoms with Crippen molar-refractivity contribution < 1.29 is 41.0 Å². The summed E-state index contributed by atoms with van der Waals surface area (Å²) >= 11 is 0.785. The van der Waals surface area contributed by atoms with Gasteiger partial charge in [0.05, 0.1) is 10.4 Å². The fourth-order valence-corrected chi connectivity index (χ4v) is 3.87. The number of alkyl halides is 6. The summed E-state index contributed by atoms with van der Waals surface area (Å²) in [6.07, 6.45) is -10.4. The summed E-state index contributed by atoms with van der Waals surface area (Å²) in [6.45, 7) is 0.895. The molecule has 172 valence electrons. The van der Waals surface area contributed by atoms with E-state index in [9.17, 15) is 36.2 Å². The van der Waals surface area contributed by atoms with Gasteiger partial charge in [0.25, 0.3) is 5.91 Å². The number of aliphatic hydroxyl groups is 1. The van der Waals surface area contributed by atoms with E-state index in [0.29, 0.717) is 10.9 Å². The lowest BCUT2D eigenvalue weighted by molar-refractivity contribution is -0.141. The molecule has 1 amide bonds. The number of aliphatic hydroxyl groups excluding tert-OH is 1. The van der Waals surface area contributed by atoms with Gasteiger partial charge >= 0.3 is 12.4 Å². The number of aromatic nitrogens is 1. The molecule has 32 heavy (non-hydrogen) atoms. The molecule has 1 aromatic carbocycles. The zero-order valence-corrected chi connectivity index (χ0v) is 17.2. The monoisotopic (exact) mass is 478 g/mol. The molecule has 2 heterocycles. The zero-order chi connectivity index (χ0) is 23.7. The van der Waals surface area contributed by atoms with Gasteiger partial charge in [-0.25, -0.2) is 4.98 Å². The maximum absolute atomic E-state index is 12.8. The van der Waals surface area contributed by atoms with Crippen LogP contribution in [0.1, 0.15) is 26.5 Å². The number of ether oxygens (including phenoxy) is 1. The van der Waals surface area contributed by atoms with Crippen LogP contribution in [-0.4, -0.2) is 35.3 Å². The number of hydrogen-bond donors (Lipinski definition) is 2. The van der Waals surface area contributed by atoms with Gasteiger partial charge in [0.15, 0.2) is 0 Å². The van der Waals surface area contributed by atoms with Crippen molar-refractivity contribution in [3.05, 3.63) is 58.1 Å². The van der Waals surface area contributed by atoms with Crippen LogP contribution in [0.15, 0.2) is 36.4 Å². The highest BCUT2D eigenvalue weighted by atomic mass is 32.1. The standard InChI is InChI=1S/C20H16F6N2O3S/c1-10-14-5-6-15(20(24,25)26)28-18(14)32-16(10)17(30)27-8-12(29)9-31-13-4-2-3-11(7-13)19(21,22)23/h2-7,12,29H,8-9H2,1H3,(H,27,30). The largest absolute Gasteiger partial charge is 0.491 e. The highest BCUT2D eigenvalue weighted by molar-refractivity contribution is 7.20. The Bertz CT molecular complexity index is 1130. The third kappa shape index (κ3) is 5.49. The number of thiophene rings is 1. The minimum atomic E-state index is -4.61. The Morgan fingerprint density at radius 1 is 1.16 bits per heavy atom. The summed E-state index contributed by atoms with van der Waals surface area (Å²) < 4.78 is 81.8. The quantitative estimate of drug-likeness (QED) is 0.499. The third-order valence-electron chi connectivity index (χ3n) is 4.40. The van der Waals surface area contributed by atoms with Gasteiger partial charge < -0.3 is 15.2 Å². The van der Waals surface area contributed by atoms with Crippen molar-refractivity contribution in [2.75, 3.05) is 13.2 Å². The Hall–Kier alpha value is -2.86. The van der Waals surface area contributed by atoms with Gasteiger partial charge in [-0.15, -0.1) is 11.3 Å². The van der Waals surface area contributed by atoms with Crippen molar-refractivity contribution in [3.63, 3.8) is 0 Å². The number of carbonyl (C=O) groups is 1. The fraction of sp³-hybridized carbons (Fsp3) is 0.300. The minimum absolute atomic E-state index is 0.0518. The van der Waals surface area contributed by atoms with Crippen molar-refractivity contribution in [2.24, 2.45) is 0 Å². The number of fused-ring (bicyclic) bond motifs is 1. The molecule has 1 atom stereocenters.